The smallest absolute Gasteiger partial charge is 0.339 e. The third-order valence-electron chi connectivity index (χ3n) is 3.85. The van der Waals surface area contributed by atoms with Crippen LogP contribution in [0.3, 0.4) is 0 Å². The fourth-order valence-corrected chi connectivity index (χ4v) is 2.47. The summed E-state index contributed by atoms with van der Waals surface area (Å²) in [6, 6.07) is 17.0. The molecule has 8 heteroatoms. The van der Waals surface area contributed by atoms with Crippen LogP contribution in [-0.4, -0.2) is 36.3 Å². The van der Waals surface area contributed by atoms with Crippen molar-refractivity contribution in [2.75, 3.05) is 24.9 Å². The van der Waals surface area contributed by atoms with E-state index in [2.05, 4.69) is 20.8 Å². The van der Waals surface area contributed by atoms with Gasteiger partial charge in [0.1, 0.15) is 5.75 Å². The van der Waals surface area contributed by atoms with Gasteiger partial charge in [0.15, 0.2) is 11.5 Å². The number of benzene rings is 2. The SMILES string of the molecule is COC(=O)c1ccccc1Nc1ccc(C(=O)Nc2ccccc2OC)nn1. The number of ether oxygens (including phenoxy) is 2. The summed E-state index contributed by atoms with van der Waals surface area (Å²) in [5, 5.41) is 13.7. The number of rotatable bonds is 6. The number of methoxy groups -OCH3 is 2. The second-order valence-electron chi connectivity index (χ2n) is 5.62. The number of hydrogen-bond acceptors (Lipinski definition) is 7. The Bertz CT molecular complexity index is 990. The molecular formula is C20H18N4O4. The molecule has 1 heterocycles. The van der Waals surface area contributed by atoms with E-state index < -0.39 is 11.9 Å². The zero-order valence-corrected chi connectivity index (χ0v) is 15.3. The van der Waals surface area contributed by atoms with Crippen LogP contribution in [0, 0.1) is 0 Å². The van der Waals surface area contributed by atoms with Gasteiger partial charge in [-0.15, -0.1) is 10.2 Å². The van der Waals surface area contributed by atoms with Gasteiger partial charge in [0.2, 0.25) is 0 Å². The summed E-state index contributed by atoms with van der Waals surface area (Å²) in [5.74, 6) is 0.0362. The molecule has 0 bridgehead atoms. The fourth-order valence-electron chi connectivity index (χ4n) is 2.47. The number of esters is 1. The summed E-state index contributed by atoms with van der Waals surface area (Å²) in [5.41, 5.74) is 1.56. The third-order valence-corrected chi connectivity index (χ3v) is 3.85. The summed E-state index contributed by atoms with van der Waals surface area (Å²) in [6.07, 6.45) is 0. The quantitative estimate of drug-likeness (QED) is 0.635. The molecule has 0 saturated heterocycles. The van der Waals surface area contributed by atoms with Gasteiger partial charge in [-0.25, -0.2) is 4.79 Å². The van der Waals surface area contributed by atoms with Gasteiger partial charge < -0.3 is 20.1 Å². The second-order valence-corrected chi connectivity index (χ2v) is 5.62. The first-order valence-electron chi connectivity index (χ1n) is 8.35. The Morgan fingerprint density at radius 2 is 1.57 bits per heavy atom. The van der Waals surface area contributed by atoms with Crippen molar-refractivity contribution in [3.05, 3.63) is 71.9 Å². The number of anilines is 3. The van der Waals surface area contributed by atoms with Crippen molar-refractivity contribution in [2.45, 2.75) is 0 Å². The lowest BCUT2D eigenvalue weighted by molar-refractivity contribution is 0.0601. The lowest BCUT2D eigenvalue weighted by Crippen LogP contribution is -2.15. The van der Waals surface area contributed by atoms with Crippen molar-refractivity contribution in [1.82, 2.24) is 10.2 Å². The standard InChI is InChI=1S/C20H18N4O4/c1-27-17-10-6-5-9-15(17)22-19(25)16-11-12-18(24-23-16)21-14-8-4-3-7-13(14)20(26)28-2/h3-12H,1-2H3,(H,21,24)(H,22,25). The van der Waals surface area contributed by atoms with Crippen LogP contribution in [0.5, 0.6) is 5.75 Å². The van der Waals surface area contributed by atoms with E-state index in [-0.39, 0.29) is 5.69 Å². The van der Waals surface area contributed by atoms with Gasteiger partial charge in [-0.1, -0.05) is 24.3 Å². The van der Waals surface area contributed by atoms with Gasteiger partial charge in [0, 0.05) is 0 Å². The molecule has 28 heavy (non-hydrogen) atoms. The van der Waals surface area contributed by atoms with Gasteiger partial charge in [-0.2, -0.15) is 0 Å². The predicted molar refractivity (Wildman–Crippen MR) is 104 cm³/mol. The summed E-state index contributed by atoms with van der Waals surface area (Å²) in [6.45, 7) is 0. The van der Waals surface area contributed by atoms with Gasteiger partial charge in [-0.3, -0.25) is 4.79 Å². The van der Waals surface area contributed by atoms with Crippen LogP contribution < -0.4 is 15.4 Å². The molecular weight excluding hydrogens is 360 g/mol. The monoisotopic (exact) mass is 378 g/mol. The zero-order chi connectivity index (χ0) is 19.9. The summed E-state index contributed by atoms with van der Waals surface area (Å²) in [7, 11) is 2.84. The first kappa shape index (κ1) is 18.8. The van der Waals surface area contributed by atoms with E-state index in [0.29, 0.717) is 28.5 Å². The average Bonchev–Trinajstić information content (AvgIpc) is 2.74. The Morgan fingerprint density at radius 3 is 2.25 bits per heavy atom. The van der Waals surface area contributed by atoms with Crippen LogP contribution in [-0.2, 0) is 4.74 Å². The van der Waals surface area contributed by atoms with Crippen LogP contribution in [0.2, 0.25) is 0 Å². The third kappa shape index (κ3) is 4.24. The summed E-state index contributed by atoms with van der Waals surface area (Å²) >= 11 is 0. The Kier molecular flexibility index (Phi) is 5.81. The highest BCUT2D eigenvalue weighted by molar-refractivity contribution is 6.03. The molecule has 0 aliphatic heterocycles. The molecule has 2 aromatic carbocycles. The highest BCUT2D eigenvalue weighted by Gasteiger charge is 2.14. The minimum atomic E-state index is -0.469. The molecule has 8 nitrogen and oxygen atoms in total. The number of hydrogen-bond donors (Lipinski definition) is 2. The van der Waals surface area contributed by atoms with E-state index in [1.807, 2.05) is 0 Å². The molecule has 3 aromatic rings. The zero-order valence-electron chi connectivity index (χ0n) is 15.3. The highest BCUT2D eigenvalue weighted by atomic mass is 16.5. The highest BCUT2D eigenvalue weighted by Crippen LogP contribution is 2.24. The molecule has 1 amide bonds. The largest absolute Gasteiger partial charge is 0.495 e. The molecule has 0 aliphatic rings. The van der Waals surface area contributed by atoms with Crippen LogP contribution in [0.1, 0.15) is 20.8 Å². The van der Waals surface area contributed by atoms with Crippen LogP contribution in [0.15, 0.2) is 60.7 Å². The van der Waals surface area contributed by atoms with Crippen LogP contribution >= 0.6 is 0 Å². The molecule has 0 spiro atoms. The van der Waals surface area contributed by atoms with E-state index >= 15 is 0 Å². The summed E-state index contributed by atoms with van der Waals surface area (Å²) < 4.78 is 9.97. The van der Waals surface area contributed by atoms with Crippen molar-refractivity contribution < 1.29 is 19.1 Å². The molecule has 0 atom stereocenters. The van der Waals surface area contributed by atoms with Crippen molar-refractivity contribution in [3.8, 4) is 5.75 Å². The minimum Gasteiger partial charge on any atom is -0.495 e. The van der Waals surface area contributed by atoms with E-state index in [4.69, 9.17) is 9.47 Å². The Balaban J connectivity index is 1.74. The molecule has 0 aliphatic carbocycles. The Hall–Kier alpha value is -3.94. The predicted octanol–water partition coefficient (Wildman–Crippen LogP) is 3.27. The topological polar surface area (TPSA) is 102 Å². The number of carbonyl (C=O) groups excluding carboxylic acids is 2. The van der Waals surface area contributed by atoms with Crippen LogP contribution in [0.25, 0.3) is 0 Å². The van der Waals surface area contributed by atoms with Gasteiger partial charge in [0.25, 0.3) is 5.91 Å². The van der Waals surface area contributed by atoms with E-state index in [9.17, 15) is 9.59 Å². The maximum absolute atomic E-state index is 12.4. The van der Waals surface area contributed by atoms with Crippen molar-refractivity contribution in [1.29, 1.82) is 0 Å². The molecule has 2 N–H and O–H groups in total. The molecule has 0 saturated carbocycles. The van der Waals surface area contributed by atoms with Crippen molar-refractivity contribution >= 4 is 29.1 Å². The van der Waals surface area contributed by atoms with Gasteiger partial charge in [-0.05, 0) is 36.4 Å². The van der Waals surface area contributed by atoms with Crippen molar-refractivity contribution in [3.63, 3.8) is 0 Å². The lowest BCUT2D eigenvalue weighted by Gasteiger charge is -2.11. The van der Waals surface area contributed by atoms with Crippen LogP contribution in [0.4, 0.5) is 17.2 Å². The number of nitrogens with one attached hydrogen (secondary N) is 2. The number of para-hydroxylation sites is 3. The van der Waals surface area contributed by atoms with Gasteiger partial charge in [0.05, 0.1) is 31.2 Å². The first-order chi connectivity index (χ1) is 13.6. The van der Waals surface area contributed by atoms with Crippen molar-refractivity contribution in [2.24, 2.45) is 0 Å². The van der Waals surface area contributed by atoms with E-state index in [0.717, 1.165) is 0 Å². The number of nitrogens with zero attached hydrogens (tertiary/aromatic N) is 2. The fraction of sp³-hybridized carbons (Fsp3) is 0.100. The Labute approximate surface area is 161 Å². The maximum atomic E-state index is 12.4. The maximum Gasteiger partial charge on any atom is 0.339 e. The number of amides is 1. The van der Waals surface area contributed by atoms with Gasteiger partial charge >= 0.3 is 5.97 Å². The number of carbonyl (C=O) groups is 2. The van der Waals surface area contributed by atoms with E-state index in [1.165, 1.54) is 20.3 Å². The van der Waals surface area contributed by atoms with E-state index in [1.54, 1.807) is 54.6 Å². The molecule has 0 unspecified atom stereocenters. The summed E-state index contributed by atoms with van der Waals surface area (Å²) in [4.78, 5) is 24.2. The molecule has 1 aromatic heterocycles. The average molecular weight is 378 g/mol. The lowest BCUT2D eigenvalue weighted by atomic mass is 10.2. The molecule has 0 radical (unpaired) electrons. The first-order valence-corrected chi connectivity index (χ1v) is 8.35. The Morgan fingerprint density at radius 1 is 0.857 bits per heavy atom. The molecule has 0 fully saturated rings. The number of aromatic nitrogens is 2. The minimum absolute atomic E-state index is 0.137. The molecule has 142 valence electrons. The second kappa shape index (κ2) is 8.63. The molecule has 3 rings (SSSR count). The normalized spacial score (nSPS) is 10.1.